The maximum atomic E-state index is 11.7. The molecule has 0 bridgehead atoms. The predicted molar refractivity (Wildman–Crippen MR) is 67.1 cm³/mol. The van der Waals surface area contributed by atoms with Gasteiger partial charge in [-0.3, -0.25) is 14.3 Å². The number of aromatic amines is 1. The molecule has 1 N–H and O–H groups in total. The molecule has 0 radical (unpaired) electrons. The number of hydrogen-bond acceptors (Lipinski definition) is 3. The van der Waals surface area contributed by atoms with Gasteiger partial charge in [-0.1, -0.05) is 17.7 Å². The molecule has 0 fully saturated rings. The highest BCUT2D eigenvalue weighted by atomic mass is 35.5. The third-order valence-electron chi connectivity index (χ3n) is 2.42. The molecule has 0 aliphatic heterocycles. The van der Waals surface area contributed by atoms with Gasteiger partial charge < -0.3 is 0 Å². The first-order valence-electron chi connectivity index (χ1n) is 5.05. The first-order valence-corrected chi connectivity index (χ1v) is 5.43. The van der Waals surface area contributed by atoms with Crippen molar-refractivity contribution in [3.8, 4) is 11.8 Å². The zero-order chi connectivity index (χ0) is 13.3. The summed E-state index contributed by atoms with van der Waals surface area (Å²) in [5.74, 6) is 0. The van der Waals surface area contributed by atoms with E-state index < -0.39 is 11.2 Å². The van der Waals surface area contributed by atoms with E-state index in [-0.39, 0.29) is 5.56 Å². The number of nitrogens with one attached hydrogen (secondary N) is 1. The second-order valence-electron chi connectivity index (χ2n) is 3.74. The SMILES string of the molecule is Cc1ccc(Cl)c(-n2cc(C#N)c(=O)[nH]c2=O)c1. The molecule has 0 unspecified atom stereocenters. The summed E-state index contributed by atoms with van der Waals surface area (Å²) >= 11 is 6.00. The molecule has 0 atom stereocenters. The third kappa shape index (κ3) is 2.06. The summed E-state index contributed by atoms with van der Waals surface area (Å²) in [7, 11) is 0. The van der Waals surface area contributed by atoms with Crippen LogP contribution in [0.2, 0.25) is 5.02 Å². The third-order valence-corrected chi connectivity index (χ3v) is 2.74. The minimum absolute atomic E-state index is 0.146. The first kappa shape index (κ1) is 12.1. The summed E-state index contributed by atoms with van der Waals surface area (Å²) in [6, 6.07) is 6.87. The van der Waals surface area contributed by atoms with E-state index in [2.05, 4.69) is 4.98 Å². The van der Waals surface area contributed by atoms with Gasteiger partial charge in [0.05, 0.1) is 10.7 Å². The van der Waals surface area contributed by atoms with Gasteiger partial charge in [-0.2, -0.15) is 5.26 Å². The van der Waals surface area contributed by atoms with Crippen molar-refractivity contribution in [3.63, 3.8) is 0 Å². The van der Waals surface area contributed by atoms with Gasteiger partial charge in [0.2, 0.25) is 0 Å². The Morgan fingerprint density at radius 2 is 2.11 bits per heavy atom. The lowest BCUT2D eigenvalue weighted by molar-refractivity contribution is 0.888. The number of nitrogens with zero attached hydrogens (tertiary/aromatic N) is 2. The van der Waals surface area contributed by atoms with Crippen LogP contribution in [-0.2, 0) is 0 Å². The van der Waals surface area contributed by atoms with Gasteiger partial charge in [-0.05, 0) is 24.6 Å². The van der Waals surface area contributed by atoms with Gasteiger partial charge in [0, 0.05) is 6.20 Å². The molecule has 6 heteroatoms. The van der Waals surface area contributed by atoms with Crippen LogP contribution in [0, 0.1) is 18.3 Å². The van der Waals surface area contributed by atoms with Gasteiger partial charge in [-0.15, -0.1) is 0 Å². The Labute approximate surface area is 107 Å². The van der Waals surface area contributed by atoms with Gasteiger partial charge in [0.25, 0.3) is 5.56 Å². The van der Waals surface area contributed by atoms with Crippen molar-refractivity contribution in [3.05, 3.63) is 61.4 Å². The summed E-state index contributed by atoms with van der Waals surface area (Å²) < 4.78 is 1.15. The number of H-pyrrole nitrogens is 1. The quantitative estimate of drug-likeness (QED) is 0.842. The molecule has 0 spiro atoms. The average molecular weight is 262 g/mol. The Balaban J connectivity index is 2.80. The number of rotatable bonds is 1. The fourth-order valence-electron chi connectivity index (χ4n) is 1.54. The summed E-state index contributed by atoms with van der Waals surface area (Å²) in [4.78, 5) is 25.1. The second-order valence-corrected chi connectivity index (χ2v) is 4.15. The van der Waals surface area contributed by atoms with Crippen molar-refractivity contribution in [2.24, 2.45) is 0 Å². The molecule has 0 aliphatic rings. The Morgan fingerprint density at radius 3 is 2.78 bits per heavy atom. The molecule has 90 valence electrons. The Morgan fingerprint density at radius 1 is 1.39 bits per heavy atom. The van der Waals surface area contributed by atoms with Crippen molar-refractivity contribution in [1.82, 2.24) is 9.55 Å². The number of nitriles is 1. The fraction of sp³-hybridized carbons (Fsp3) is 0.0833. The van der Waals surface area contributed by atoms with E-state index in [9.17, 15) is 9.59 Å². The largest absolute Gasteiger partial charge is 0.333 e. The maximum absolute atomic E-state index is 11.7. The topological polar surface area (TPSA) is 78.7 Å². The van der Waals surface area contributed by atoms with Crippen LogP contribution in [0.4, 0.5) is 0 Å². The molecule has 5 nitrogen and oxygen atoms in total. The molecule has 1 heterocycles. The molecular formula is C12H8ClN3O2. The number of aromatic nitrogens is 2. The van der Waals surface area contributed by atoms with Crippen LogP contribution in [0.25, 0.3) is 5.69 Å². The number of halogens is 1. The lowest BCUT2D eigenvalue weighted by Gasteiger charge is -2.08. The highest BCUT2D eigenvalue weighted by Crippen LogP contribution is 2.20. The van der Waals surface area contributed by atoms with Crippen LogP contribution in [0.15, 0.2) is 34.0 Å². The number of hydrogen-bond donors (Lipinski definition) is 1. The standard InChI is InChI=1S/C12H8ClN3O2/c1-7-2-3-9(13)10(4-7)16-6-8(5-14)11(17)15-12(16)18/h2-4,6H,1H3,(H,15,17,18). The van der Waals surface area contributed by atoms with E-state index in [1.54, 1.807) is 24.3 Å². The second kappa shape index (κ2) is 4.51. The molecule has 0 saturated carbocycles. The van der Waals surface area contributed by atoms with Crippen molar-refractivity contribution in [1.29, 1.82) is 5.26 Å². The summed E-state index contributed by atoms with van der Waals surface area (Å²) in [5, 5.41) is 9.15. The van der Waals surface area contributed by atoms with Gasteiger partial charge in [-0.25, -0.2) is 4.79 Å². The van der Waals surface area contributed by atoms with Crippen LogP contribution >= 0.6 is 11.6 Å². The normalized spacial score (nSPS) is 10.1. The highest BCUT2D eigenvalue weighted by molar-refractivity contribution is 6.32. The first-order chi connectivity index (χ1) is 8.52. The van der Waals surface area contributed by atoms with E-state index in [1.807, 2.05) is 6.92 Å². The smallest absolute Gasteiger partial charge is 0.273 e. The molecule has 18 heavy (non-hydrogen) atoms. The molecule has 0 amide bonds. The van der Waals surface area contributed by atoms with Crippen molar-refractivity contribution in [2.75, 3.05) is 0 Å². The monoisotopic (exact) mass is 261 g/mol. The predicted octanol–water partition coefficient (Wildman–Crippen LogP) is 1.36. The molecular weight excluding hydrogens is 254 g/mol. The average Bonchev–Trinajstić information content (AvgIpc) is 2.33. The van der Waals surface area contributed by atoms with Crippen LogP contribution in [-0.4, -0.2) is 9.55 Å². The maximum Gasteiger partial charge on any atom is 0.333 e. The van der Waals surface area contributed by atoms with Crippen molar-refractivity contribution >= 4 is 11.6 Å². The zero-order valence-electron chi connectivity index (χ0n) is 9.40. The number of aryl methyl sites for hydroxylation is 1. The molecule has 1 aromatic carbocycles. The summed E-state index contributed by atoms with van der Waals surface area (Å²) in [6.45, 7) is 1.85. The molecule has 2 aromatic rings. The molecule has 2 rings (SSSR count). The summed E-state index contributed by atoms with van der Waals surface area (Å²) in [5.41, 5.74) is -0.151. The minimum Gasteiger partial charge on any atom is -0.273 e. The van der Waals surface area contributed by atoms with E-state index in [0.29, 0.717) is 10.7 Å². The molecule has 0 aliphatic carbocycles. The van der Waals surface area contributed by atoms with E-state index in [0.717, 1.165) is 10.1 Å². The Kier molecular flexibility index (Phi) is 3.04. The van der Waals surface area contributed by atoms with Gasteiger partial charge >= 0.3 is 5.69 Å². The lowest BCUT2D eigenvalue weighted by atomic mass is 10.2. The van der Waals surface area contributed by atoms with E-state index >= 15 is 0 Å². The lowest BCUT2D eigenvalue weighted by Crippen LogP contribution is -2.30. The van der Waals surface area contributed by atoms with Crippen molar-refractivity contribution in [2.45, 2.75) is 6.92 Å². The van der Waals surface area contributed by atoms with E-state index in [1.165, 1.54) is 6.20 Å². The Bertz CT molecular complexity index is 768. The van der Waals surface area contributed by atoms with Crippen molar-refractivity contribution < 1.29 is 0 Å². The van der Waals surface area contributed by atoms with Crippen LogP contribution in [0.5, 0.6) is 0 Å². The summed E-state index contributed by atoms with van der Waals surface area (Å²) in [6.07, 6.45) is 1.18. The number of benzene rings is 1. The zero-order valence-corrected chi connectivity index (χ0v) is 10.2. The fourth-order valence-corrected chi connectivity index (χ4v) is 1.75. The van der Waals surface area contributed by atoms with Gasteiger partial charge in [0.1, 0.15) is 11.6 Å². The van der Waals surface area contributed by atoms with Crippen LogP contribution in [0.3, 0.4) is 0 Å². The van der Waals surface area contributed by atoms with Crippen LogP contribution < -0.4 is 11.2 Å². The van der Waals surface area contributed by atoms with Crippen LogP contribution in [0.1, 0.15) is 11.1 Å². The van der Waals surface area contributed by atoms with E-state index in [4.69, 9.17) is 16.9 Å². The molecule has 1 aromatic heterocycles. The highest BCUT2D eigenvalue weighted by Gasteiger charge is 2.09. The minimum atomic E-state index is -0.706. The molecule has 0 saturated heterocycles. The van der Waals surface area contributed by atoms with Gasteiger partial charge in [0.15, 0.2) is 0 Å². The Hall–Kier alpha value is -2.32.